The van der Waals surface area contributed by atoms with E-state index in [1.165, 1.54) is 71.7 Å². The van der Waals surface area contributed by atoms with Crippen LogP contribution in [0.4, 0.5) is 0 Å². The SMILES string of the molecule is C=C(C)C(=O)OC.C=C(C)C(=O)OC1CC2CCC1(C)C2(C)C.C=C(C)C(=O)OCCCCCCCC.C=CC(=O)OC.C=CC(=O)OCC(CC)CCCC.C=CC(=O)OCCO. The molecule has 0 aromatic heterocycles. The smallest absolute Gasteiger partial charge is 0.333 e. The molecule has 0 spiro atoms. The van der Waals surface area contributed by atoms with E-state index < -0.39 is 11.9 Å². The van der Waals surface area contributed by atoms with E-state index in [2.05, 4.69) is 95.2 Å². The summed E-state index contributed by atoms with van der Waals surface area (Å²) >= 11 is 0. The first kappa shape index (κ1) is 65.8. The predicted molar refractivity (Wildman–Crippen MR) is 255 cm³/mol. The molecular weight excluding hydrogens is 821 g/mol. The van der Waals surface area contributed by atoms with Gasteiger partial charge in [-0.3, -0.25) is 0 Å². The lowest BCUT2D eigenvalue weighted by Crippen LogP contribution is -2.38. The number of methoxy groups -OCH3 is 2. The van der Waals surface area contributed by atoms with Crippen LogP contribution in [0.15, 0.2) is 74.4 Å². The lowest BCUT2D eigenvalue weighted by atomic mass is 9.70. The van der Waals surface area contributed by atoms with Crippen molar-refractivity contribution in [1.82, 2.24) is 0 Å². The molecule has 0 radical (unpaired) electrons. The summed E-state index contributed by atoms with van der Waals surface area (Å²) in [5, 5.41) is 8.10. The monoisotopic (exact) mass is 907 g/mol. The Morgan fingerprint density at radius 3 is 1.52 bits per heavy atom. The second kappa shape index (κ2) is 39.8. The Bertz CT molecular complexity index is 1440. The van der Waals surface area contributed by atoms with E-state index in [0.29, 0.717) is 47.2 Å². The number of hydrogen-bond donors (Lipinski definition) is 1. The minimum atomic E-state index is -0.501. The maximum atomic E-state index is 11.6. The van der Waals surface area contributed by atoms with Crippen molar-refractivity contribution < 1.29 is 62.3 Å². The van der Waals surface area contributed by atoms with E-state index in [4.69, 9.17) is 19.3 Å². The van der Waals surface area contributed by atoms with E-state index in [-0.39, 0.29) is 48.6 Å². The van der Waals surface area contributed by atoms with Crippen molar-refractivity contribution in [2.24, 2.45) is 22.7 Å². The van der Waals surface area contributed by atoms with E-state index in [1.54, 1.807) is 20.8 Å². The zero-order valence-corrected chi connectivity index (χ0v) is 41.6. The summed E-state index contributed by atoms with van der Waals surface area (Å²) in [4.78, 5) is 63.5. The van der Waals surface area contributed by atoms with Crippen LogP contribution in [0.5, 0.6) is 0 Å². The Kier molecular flexibility index (Phi) is 40.9. The summed E-state index contributed by atoms with van der Waals surface area (Å²) in [5.74, 6) is -0.818. The number of fused-ring (bicyclic) bond motifs is 2. The Morgan fingerprint density at radius 2 is 1.16 bits per heavy atom. The lowest BCUT2D eigenvalue weighted by molar-refractivity contribution is -0.152. The molecule has 1 N–H and O–H groups in total. The molecule has 13 heteroatoms. The van der Waals surface area contributed by atoms with Crippen LogP contribution in [0.2, 0.25) is 0 Å². The first-order valence-corrected chi connectivity index (χ1v) is 22.3. The summed E-state index contributed by atoms with van der Waals surface area (Å²) < 4.78 is 28.3. The molecule has 2 saturated carbocycles. The van der Waals surface area contributed by atoms with E-state index in [1.807, 2.05) is 0 Å². The highest BCUT2D eigenvalue weighted by molar-refractivity contribution is 5.87. The molecule has 0 saturated heterocycles. The number of unbranched alkanes of at least 4 members (excludes halogenated alkanes) is 6. The van der Waals surface area contributed by atoms with Crippen molar-refractivity contribution in [3.8, 4) is 0 Å². The summed E-state index contributed by atoms with van der Waals surface area (Å²) in [7, 11) is 2.64. The van der Waals surface area contributed by atoms with Crippen molar-refractivity contribution in [2.45, 2.75) is 152 Å². The van der Waals surface area contributed by atoms with Gasteiger partial charge in [-0.05, 0) is 70.1 Å². The van der Waals surface area contributed by atoms with Gasteiger partial charge < -0.3 is 33.5 Å². The Balaban J connectivity index is -0.000000350. The molecule has 13 nitrogen and oxygen atoms in total. The van der Waals surface area contributed by atoms with Gasteiger partial charge in [0, 0.05) is 40.4 Å². The quantitative estimate of drug-likeness (QED) is 0.0470. The molecule has 2 fully saturated rings. The van der Waals surface area contributed by atoms with Crippen LogP contribution in [0.25, 0.3) is 0 Å². The highest BCUT2D eigenvalue weighted by atomic mass is 16.6. The van der Waals surface area contributed by atoms with Gasteiger partial charge in [-0.25, -0.2) is 28.8 Å². The maximum absolute atomic E-state index is 11.6. The zero-order chi connectivity index (χ0) is 50.3. The Morgan fingerprint density at radius 1 is 0.656 bits per heavy atom. The van der Waals surface area contributed by atoms with Gasteiger partial charge in [-0.2, -0.15) is 0 Å². The van der Waals surface area contributed by atoms with Crippen molar-refractivity contribution >= 4 is 35.8 Å². The third-order valence-electron chi connectivity index (χ3n) is 11.0. The molecule has 0 aromatic carbocycles. The van der Waals surface area contributed by atoms with E-state index in [0.717, 1.165) is 44.3 Å². The van der Waals surface area contributed by atoms with Gasteiger partial charge in [0.1, 0.15) is 12.7 Å². The van der Waals surface area contributed by atoms with Crippen molar-refractivity contribution in [3.05, 3.63) is 74.4 Å². The fraction of sp³-hybridized carbons (Fsp3) is 0.647. The number of carbonyl (C=O) groups is 6. The first-order chi connectivity index (χ1) is 30.0. The van der Waals surface area contributed by atoms with Crippen molar-refractivity contribution in [3.63, 3.8) is 0 Å². The van der Waals surface area contributed by atoms with Gasteiger partial charge >= 0.3 is 35.8 Å². The third-order valence-corrected chi connectivity index (χ3v) is 11.0. The van der Waals surface area contributed by atoms with E-state index >= 15 is 0 Å². The van der Waals surface area contributed by atoms with Gasteiger partial charge in [0.25, 0.3) is 0 Å². The molecule has 4 atom stereocenters. The van der Waals surface area contributed by atoms with Crippen LogP contribution < -0.4 is 0 Å². The summed E-state index contributed by atoms with van der Waals surface area (Å²) in [6.45, 7) is 39.6. The second-order valence-electron chi connectivity index (χ2n) is 16.3. The molecule has 368 valence electrons. The van der Waals surface area contributed by atoms with Gasteiger partial charge in [0.2, 0.25) is 0 Å². The highest BCUT2D eigenvalue weighted by Crippen LogP contribution is 2.66. The molecule has 0 heterocycles. The standard InChI is InChI=1S/C14H22O2.C12H22O2.C11H20O2.C5H8O3.C5H8O2.C4H6O2/c1-9(2)12(15)16-11-8-10-6-7-14(11,5)13(10,3)4;1-4-5-6-7-8-9-10-14-12(13)11(2)3;1-4-7-8-10(5-2)9-13-11(12)6-3;1-2-5(7)8-4-3-6;1-4(2)5(6)7-3;1-3-4(5)6-2/h10-11H,1,6-8H2,2-5H3;2,4-10H2,1,3H3;6,10H,3-5,7-9H2,1-2H3;2,6H,1,3-4H2;1H2,2-3H3;3H,1H2,2H3. The van der Waals surface area contributed by atoms with Gasteiger partial charge in [-0.1, -0.05) is 132 Å². The predicted octanol–water partition coefficient (Wildman–Crippen LogP) is 10.5. The molecule has 2 bridgehead atoms. The Labute approximate surface area is 386 Å². The molecule has 0 amide bonds. The number of hydrogen-bond acceptors (Lipinski definition) is 13. The van der Waals surface area contributed by atoms with Crippen LogP contribution in [0.1, 0.15) is 146 Å². The highest BCUT2D eigenvalue weighted by Gasteiger charge is 2.62. The Hall–Kier alpha value is -4.78. The fourth-order valence-electron chi connectivity index (χ4n) is 6.33. The lowest BCUT2D eigenvalue weighted by Gasteiger charge is -2.38. The molecular formula is C51H86O13. The second-order valence-corrected chi connectivity index (χ2v) is 16.3. The third kappa shape index (κ3) is 31.1. The molecule has 2 aliphatic rings. The summed E-state index contributed by atoms with van der Waals surface area (Å²) in [6, 6.07) is 0. The average Bonchev–Trinajstić information content (AvgIpc) is 3.61. The maximum Gasteiger partial charge on any atom is 0.333 e. The number of aliphatic hydroxyl groups is 1. The van der Waals surface area contributed by atoms with Crippen LogP contribution in [0, 0.1) is 22.7 Å². The molecule has 0 aliphatic heterocycles. The fourth-order valence-corrected chi connectivity index (χ4v) is 6.33. The largest absolute Gasteiger partial charge is 0.466 e. The number of esters is 6. The number of aliphatic hydroxyl groups excluding tert-OH is 1. The van der Waals surface area contributed by atoms with Gasteiger partial charge in [0.05, 0.1) is 34.0 Å². The van der Waals surface area contributed by atoms with Crippen LogP contribution in [-0.4, -0.2) is 87.7 Å². The minimum absolute atomic E-state index is 0.0465. The molecule has 2 aliphatic carbocycles. The van der Waals surface area contributed by atoms with Gasteiger partial charge in [0.15, 0.2) is 0 Å². The first-order valence-electron chi connectivity index (χ1n) is 22.3. The molecule has 2 rings (SSSR count). The minimum Gasteiger partial charge on any atom is -0.466 e. The molecule has 0 aromatic rings. The topological polar surface area (TPSA) is 178 Å². The number of rotatable bonds is 22. The van der Waals surface area contributed by atoms with Crippen LogP contribution >= 0.6 is 0 Å². The summed E-state index contributed by atoms with van der Waals surface area (Å²) in [5.41, 5.74) is 1.87. The van der Waals surface area contributed by atoms with E-state index in [9.17, 15) is 28.8 Å². The number of carbonyl (C=O) groups excluding carboxylic acids is 6. The van der Waals surface area contributed by atoms with Crippen LogP contribution in [0.3, 0.4) is 0 Å². The molecule has 64 heavy (non-hydrogen) atoms. The van der Waals surface area contributed by atoms with Crippen molar-refractivity contribution in [2.75, 3.05) is 40.6 Å². The average molecular weight is 907 g/mol. The summed E-state index contributed by atoms with van der Waals surface area (Å²) in [6.07, 6.45) is 18.9. The number of ether oxygens (including phenoxy) is 6. The molecule has 4 unspecified atom stereocenters. The van der Waals surface area contributed by atoms with Gasteiger partial charge in [-0.15, -0.1) is 0 Å². The van der Waals surface area contributed by atoms with Crippen molar-refractivity contribution in [1.29, 1.82) is 0 Å². The normalized spacial score (nSPS) is 17.1. The van der Waals surface area contributed by atoms with Crippen LogP contribution in [-0.2, 0) is 57.2 Å². The zero-order valence-electron chi connectivity index (χ0n) is 41.6.